The lowest BCUT2D eigenvalue weighted by atomic mass is 10.1. The first-order valence-corrected chi connectivity index (χ1v) is 9.16. The molecule has 0 spiro atoms. The van der Waals surface area contributed by atoms with Crippen LogP contribution >= 0.6 is 0 Å². The van der Waals surface area contributed by atoms with E-state index in [9.17, 15) is 5.11 Å². The van der Waals surface area contributed by atoms with Gasteiger partial charge in [0.2, 0.25) is 0 Å². The molecule has 4 nitrogen and oxygen atoms in total. The SMILES string of the molecule is CCOc1ccc([C@H](O)c2nc3ccccc3n2Cc2ccccc2)cc1. The average molecular weight is 358 g/mol. The maximum Gasteiger partial charge on any atom is 0.143 e. The third-order valence-corrected chi connectivity index (χ3v) is 4.62. The molecule has 27 heavy (non-hydrogen) atoms. The fraction of sp³-hybridized carbons (Fsp3) is 0.174. The number of benzene rings is 3. The molecule has 0 radical (unpaired) electrons. The predicted molar refractivity (Wildman–Crippen MR) is 107 cm³/mol. The largest absolute Gasteiger partial charge is 0.494 e. The molecule has 4 rings (SSSR count). The first-order chi connectivity index (χ1) is 13.3. The zero-order chi connectivity index (χ0) is 18.6. The number of rotatable bonds is 6. The van der Waals surface area contributed by atoms with E-state index in [1.165, 1.54) is 5.56 Å². The topological polar surface area (TPSA) is 47.3 Å². The van der Waals surface area contributed by atoms with E-state index >= 15 is 0 Å². The molecule has 0 saturated carbocycles. The van der Waals surface area contributed by atoms with Crippen LogP contribution in [0.15, 0.2) is 78.9 Å². The highest BCUT2D eigenvalue weighted by atomic mass is 16.5. The second-order valence-electron chi connectivity index (χ2n) is 6.44. The fourth-order valence-corrected chi connectivity index (χ4v) is 3.30. The van der Waals surface area contributed by atoms with E-state index in [-0.39, 0.29) is 0 Å². The smallest absolute Gasteiger partial charge is 0.143 e. The van der Waals surface area contributed by atoms with E-state index < -0.39 is 6.10 Å². The highest BCUT2D eigenvalue weighted by molar-refractivity contribution is 5.76. The number of ether oxygens (including phenoxy) is 1. The number of nitrogens with zero attached hydrogens (tertiary/aromatic N) is 2. The van der Waals surface area contributed by atoms with Crippen molar-refractivity contribution in [2.24, 2.45) is 0 Å². The molecule has 0 saturated heterocycles. The van der Waals surface area contributed by atoms with Crippen molar-refractivity contribution in [1.82, 2.24) is 9.55 Å². The Labute approximate surface area is 158 Å². The fourth-order valence-electron chi connectivity index (χ4n) is 3.30. The van der Waals surface area contributed by atoms with Crippen LogP contribution in [-0.2, 0) is 6.54 Å². The van der Waals surface area contributed by atoms with E-state index in [4.69, 9.17) is 9.72 Å². The molecule has 0 amide bonds. The van der Waals surface area contributed by atoms with Crippen molar-refractivity contribution in [3.05, 3.63) is 95.8 Å². The summed E-state index contributed by atoms with van der Waals surface area (Å²) in [7, 11) is 0. The molecule has 0 aliphatic rings. The Morgan fingerprint density at radius 3 is 2.37 bits per heavy atom. The summed E-state index contributed by atoms with van der Waals surface area (Å²) in [6, 6.07) is 25.8. The summed E-state index contributed by atoms with van der Waals surface area (Å²) in [5.74, 6) is 1.44. The van der Waals surface area contributed by atoms with Crippen LogP contribution in [0.2, 0.25) is 0 Å². The average Bonchev–Trinajstić information content (AvgIpc) is 3.08. The molecule has 0 aliphatic heterocycles. The maximum absolute atomic E-state index is 11.0. The highest BCUT2D eigenvalue weighted by Crippen LogP contribution is 2.27. The molecule has 0 bridgehead atoms. The monoisotopic (exact) mass is 358 g/mol. The van der Waals surface area contributed by atoms with Gasteiger partial charge >= 0.3 is 0 Å². The van der Waals surface area contributed by atoms with Gasteiger partial charge in [0.1, 0.15) is 17.7 Å². The Morgan fingerprint density at radius 2 is 1.63 bits per heavy atom. The molecule has 4 aromatic rings. The molecule has 1 aromatic heterocycles. The van der Waals surface area contributed by atoms with E-state index in [2.05, 4.69) is 16.7 Å². The van der Waals surface area contributed by atoms with Gasteiger partial charge in [0.05, 0.1) is 17.6 Å². The quantitative estimate of drug-likeness (QED) is 0.549. The summed E-state index contributed by atoms with van der Waals surface area (Å²) in [4.78, 5) is 4.73. The van der Waals surface area contributed by atoms with Crippen molar-refractivity contribution in [3.8, 4) is 5.75 Å². The number of fused-ring (bicyclic) bond motifs is 1. The molecule has 1 atom stereocenters. The van der Waals surface area contributed by atoms with Crippen LogP contribution in [0.3, 0.4) is 0 Å². The maximum atomic E-state index is 11.0. The van der Waals surface area contributed by atoms with Gasteiger partial charge in [0.25, 0.3) is 0 Å². The van der Waals surface area contributed by atoms with Crippen molar-refractivity contribution < 1.29 is 9.84 Å². The van der Waals surface area contributed by atoms with E-state index in [1.54, 1.807) is 0 Å². The lowest BCUT2D eigenvalue weighted by Gasteiger charge is -2.15. The summed E-state index contributed by atoms with van der Waals surface area (Å²) in [6.45, 7) is 3.23. The molecule has 4 heteroatoms. The summed E-state index contributed by atoms with van der Waals surface area (Å²) in [5.41, 5.74) is 3.86. The van der Waals surface area contributed by atoms with Crippen LogP contribution in [0.5, 0.6) is 5.75 Å². The predicted octanol–water partition coefficient (Wildman–Crippen LogP) is 4.57. The van der Waals surface area contributed by atoms with Crippen molar-refractivity contribution >= 4 is 11.0 Å². The number of aliphatic hydroxyl groups is 1. The Kier molecular flexibility index (Phi) is 4.90. The van der Waals surface area contributed by atoms with E-state index in [0.29, 0.717) is 19.0 Å². The Bertz CT molecular complexity index is 1020. The minimum Gasteiger partial charge on any atom is -0.494 e. The second-order valence-corrected chi connectivity index (χ2v) is 6.44. The first-order valence-electron chi connectivity index (χ1n) is 9.16. The van der Waals surface area contributed by atoms with Crippen molar-refractivity contribution in [1.29, 1.82) is 0 Å². The Balaban J connectivity index is 1.74. The van der Waals surface area contributed by atoms with Gasteiger partial charge in [0, 0.05) is 6.54 Å². The molecular weight excluding hydrogens is 336 g/mol. The zero-order valence-corrected chi connectivity index (χ0v) is 15.2. The summed E-state index contributed by atoms with van der Waals surface area (Å²) in [6.07, 6.45) is -0.809. The van der Waals surface area contributed by atoms with Crippen LogP contribution in [0.4, 0.5) is 0 Å². The zero-order valence-electron chi connectivity index (χ0n) is 15.2. The van der Waals surface area contributed by atoms with E-state index in [0.717, 1.165) is 22.3 Å². The molecule has 0 fully saturated rings. The summed E-state index contributed by atoms with van der Waals surface area (Å²) < 4.78 is 7.58. The molecule has 0 aliphatic carbocycles. The number of para-hydroxylation sites is 2. The van der Waals surface area contributed by atoms with Crippen molar-refractivity contribution in [2.75, 3.05) is 6.61 Å². The van der Waals surface area contributed by atoms with Crippen LogP contribution in [0.1, 0.15) is 30.0 Å². The number of aliphatic hydroxyl groups excluding tert-OH is 1. The van der Waals surface area contributed by atoms with Gasteiger partial charge in [-0.1, -0.05) is 54.6 Å². The van der Waals surface area contributed by atoms with Gasteiger partial charge in [0.15, 0.2) is 0 Å². The van der Waals surface area contributed by atoms with Gasteiger partial charge in [-0.3, -0.25) is 0 Å². The van der Waals surface area contributed by atoms with Gasteiger partial charge < -0.3 is 14.4 Å². The normalized spacial score (nSPS) is 12.2. The number of hydrogen-bond donors (Lipinski definition) is 1. The minimum absolute atomic E-state index is 0.620. The van der Waals surface area contributed by atoms with Gasteiger partial charge in [-0.05, 0) is 42.3 Å². The van der Waals surface area contributed by atoms with E-state index in [1.807, 2.05) is 73.7 Å². The van der Waals surface area contributed by atoms with Crippen LogP contribution < -0.4 is 4.74 Å². The van der Waals surface area contributed by atoms with Gasteiger partial charge in [-0.25, -0.2) is 4.98 Å². The summed E-state index contributed by atoms with van der Waals surface area (Å²) >= 11 is 0. The highest BCUT2D eigenvalue weighted by Gasteiger charge is 2.20. The summed E-state index contributed by atoms with van der Waals surface area (Å²) in [5, 5.41) is 11.0. The molecular formula is C23H22N2O2. The van der Waals surface area contributed by atoms with Crippen LogP contribution in [0.25, 0.3) is 11.0 Å². The van der Waals surface area contributed by atoms with Crippen LogP contribution in [-0.4, -0.2) is 21.3 Å². The van der Waals surface area contributed by atoms with Crippen molar-refractivity contribution in [3.63, 3.8) is 0 Å². The minimum atomic E-state index is -0.809. The Hall–Kier alpha value is -3.11. The van der Waals surface area contributed by atoms with Gasteiger partial charge in [-0.2, -0.15) is 0 Å². The molecule has 1 heterocycles. The molecule has 1 N–H and O–H groups in total. The lowest BCUT2D eigenvalue weighted by molar-refractivity contribution is 0.205. The lowest BCUT2D eigenvalue weighted by Crippen LogP contribution is -2.11. The molecule has 0 unspecified atom stereocenters. The Morgan fingerprint density at radius 1 is 0.926 bits per heavy atom. The second kappa shape index (κ2) is 7.64. The third kappa shape index (κ3) is 3.57. The number of hydrogen-bond acceptors (Lipinski definition) is 3. The van der Waals surface area contributed by atoms with Crippen molar-refractivity contribution in [2.45, 2.75) is 19.6 Å². The van der Waals surface area contributed by atoms with Gasteiger partial charge in [-0.15, -0.1) is 0 Å². The number of imidazole rings is 1. The molecule has 3 aromatic carbocycles. The molecule has 136 valence electrons. The third-order valence-electron chi connectivity index (χ3n) is 4.62. The standard InChI is InChI=1S/C23H22N2O2/c1-2-27-19-14-12-18(13-15-19)22(26)23-24-20-10-6-7-11-21(20)25(23)16-17-8-4-3-5-9-17/h3-15,22,26H,2,16H2,1H3/t22-/m0/s1. The van der Waals surface area contributed by atoms with Crippen LogP contribution in [0, 0.1) is 0 Å². The number of aromatic nitrogens is 2. The first kappa shape index (κ1) is 17.3.